The molecule has 1 unspecified atom stereocenters. The lowest BCUT2D eigenvalue weighted by Crippen LogP contribution is -2.51. The molecule has 0 radical (unpaired) electrons. The van der Waals surface area contributed by atoms with Crippen LogP contribution in [0, 0.1) is 6.92 Å². The summed E-state index contributed by atoms with van der Waals surface area (Å²) >= 11 is 6.37. The predicted octanol–water partition coefficient (Wildman–Crippen LogP) is 4.00. The van der Waals surface area contributed by atoms with Crippen molar-refractivity contribution in [2.45, 2.75) is 32.4 Å². The Morgan fingerprint density at radius 2 is 2.11 bits per heavy atom. The van der Waals surface area contributed by atoms with Gasteiger partial charge in [0.15, 0.2) is 5.96 Å². The number of hydrogen-bond donors (Lipinski definition) is 2. The minimum absolute atomic E-state index is 0. The largest absolute Gasteiger partial charge is 0.368 e. The van der Waals surface area contributed by atoms with E-state index in [1.54, 1.807) is 7.05 Å². The molecule has 0 bridgehead atoms. The van der Waals surface area contributed by atoms with E-state index in [-0.39, 0.29) is 24.0 Å². The SMILES string of the molecule is CN=C(NCc1ncccc1C)NC1CCCN(c2ccccc2Cl)C1.I. The number of aryl methyl sites for hydroxylation is 1. The molecule has 2 heterocycles. The lowest BCUT2D eigenvalue weighted by molar-refractivity contribution is 0.468. The topological polar surface area (TPSA) is 52.6 Å². The molecular formula is C20H27ClIN5. The Morgan fingerprint density at radius 1 is 1.30 bits per heavy atom. The number of guanidine groups is 1. The summed E-state index contributed by atoms with van der Waals surface area (Å²) in [7, 11) is 1.80. The van der Waals surface area contributed by atoms with Crippen molar-refractivity contribution >= 4 is 47.2 Å². The van der Waals surface area contributed by atoms with Crippen molar-refractivity contribution in [1.29, 1.82) is 0 Å². The number of para-hydroxylation sites is 1. The van der Waals surface area contributed by atoms with E-state index in [4.69, 9.17) is 11.6 Å². The number of rotatable bonds is 4. The van der Waals surface area contributed by atoms with Crippen molar-refractivity contribution in [2.75, 3.05) is 25.0 Å². The zero-order valence-electron chi connectivity index (χ0n) is 15.8. The van der Waals surface area contributed by atoms with Crippen LogP contribution >= 0.6 is 35.6 Å². The summed E-state index contributed by atoms with van der Waals surface area (Å²) in [6.07, 6.45) is 4.06. The summed E-state index contributed by atoms with van der Waals surface area (Å²) in [5, 5.41) is 7.72. The number of pyridine rings is 1. The first-order chi connectivity index (χ1) is 12.7. The van der Waals surface area contributed by atoms with Crippen LogP contribution < -0.4 is 15.5 Å². The van der Waals surface area contributed by atoms with E-state index in [2.05, 4.69) is 44.6 Å². The maximum atomic E-state index is 6.37. The van der Waals surface area contributed by atoms with E-state index in [1.807, 2.05) is 30.5 Å². The van der Waals surface area contributed by atoms with Gasteiger partial charge in [-0.15, -0.1) is 24.0 Å². The molecule has 1 aromatic heterocycles. The summed E-state index contributed by atoms with van der Waals surface area (Å²) < 4.78 is 0. The lowest BCUT2D eigenvalue weighted by Gasteiger charge is -2.35. The van der Waals surface area contributed by atoms with Gasteiger partial charge in [0, 0.05) is 32.4 Å². The van der Waals surface area contributed by atoms with E-state index in [9.17, 15) is 0 Å². The van der Waals surface area contributed by atoms with Crippen molar-refractivity contribution in [1.82, 2.24) is 15.6 Å². The van der Waals surface area contributed by atoms with Gasteiger partial charge >= 0.3 is 0 Å². The van der Waals surface area contributed by atoms with Gasteiger partial charge in [-0.1, -0.05) is 29.8 Å². The van der Waals surface area contributed by atoms with Crippen LogP contribution in [0.15, 0.2) is 47.6 Å². The maximum absolute atomic E-state index is 6.37. The first kappa shape index (κ1) is 21.8. The number of aromatic nitrogens is 1. The van der Waals surface area contributed by atoms with Gasteiger partial charge in [-0.2, -0.15) is 0 Å². The first-order valence-corrected chi connectivity index (χ1v) is 9.42. The number of halogens is 2. The van der Waals surface area contributed by atoms with E-state index in [0.717, 1.165) is 48.3 Å². The summed E-state index contributed by atoms with van der Waals surface area (Å²) in [6.45, 7) is 4.67. The Morgan fingerprint density at radius 3 is 2.85 bits per heavy atom. The molecule has 0 spiro atoms. The molecule has 1 aliphatic heterocycles. The summed E-state index contributed by atoms with van der Waals surface area (Å²) in [6, 6.07) is 12.4. The number of anilines is 1. The van der Waals surface area contributed by atoms with Crippen LogP contribution in [0.25, 0.3) is 0 Å². The quantitative estimate of drug-likeness (QED) is 0.379. The average Bonchev–Trinajstić information content (AvgIpc) is 2.67. The molecule has 2 N–H and O–H groups in total. The molecule has 1 saturated heterocycles. The van der Waals surface area contributed by atoms with Gasteiger partial charge in [-0.05, 0) is 43.5 Å². The Balaban J connectivity index is 0.00000261. The van der Waals surface area contributed by atoms with Crippen LogP contribution in [0.1, 0.15) is 24.1 Å². The van der Waals surface area contributed by atoms with Crippen molar-refractivity contribution in [3.63, 3.8) is 0 Å². The van der Waals surface area contributed by atoms with Gasteiger partial charge < -0.3 is 15.5 Å². The molecule has 1 atom stereocenters. The third-order valence-corrected chi connectivity index (χ3v) is 5.04. The third kappa shape index (κ3) is 5.97. The molecule has 2 aromatic rings. The molecule has 146 valence electrons. The highest BCUT2D eigenvalue weighted by atomic mass is 127. The zero-order chi connectivity index (χ0) is 18.4. The number of nitrogens with one attached hydrogen (secondary N) is 2. The minimum Gasteiger partial charge on any atom is -0.368 e. The summed E-state index contributed by atoms with van der Waals surface area (Å²) in [4.78, 5) is 11.1. The van der Waals surface area contributed by atoms with Crippen molar-refractivity contribution in [2.24, 2.45) is 4.99 Å². The first-order valence-electron chi connectivity index (χ1n) is 9.04. The van der Waals surface area contributed by atoms with Crippen LogP contribution in [-0.2, 0) is 6.54 Å². The molecular weight excluding hydrogens is 473 g/mol. The minimum atomic E-state index is 0. The number of piperidine rings is 1. The zero-order valence-corrected chi connectivity index (χ0v) is 18.9. The molecule has 3 rings (SSSR count). The second-order valence-electron chi connectivity index (χ2n) is 6.57. The fourth-order valence-electron chi connectivity index (χ4n) is 3.28. The second-order valence-corrected chi connectivity index (χ2v) is 6.98. The van der Waals surface area contributed by atoms with Gasteiger partial charge in [0.25, 0.3) is 0 Å². The van der Waals surface area contributed by atoms with Gasteiger partial charge in [0.05, 0.1) is 22.9 Å². The Kier molecular flexibility index (Phi) is 8.63. The van der Waals surface area contributed by atoms with E-state index in [1.165, 1.54) is 5.56 Å². The van der Waals surface area contributed by atoms with E-state index < -0.39 is 0 Å². The number of benzene rings is 1. The van der Waals surface area contributed by atoms with E-state index >= 15 is 0 Å². The molecule has 1 aliphatic rings. The molecule has 1 aromatic carbocycles. The standard InChI is InChI=1S/C20H26ClN5.HI/c1-15-7-5-11-23-18(15)13-24-20(22-2)25-16-8-6-12-26(14-16)19-10-4-3-9-17(19)21;/h3-5,7,9-11,16H,6,8,12-14H2,1-2H3,(H2,22,24,25);1H. The normalized spacial score (nSPS) is 17.2. The fraction of sp³-hybridized carbons (Fsp3) is 0.400. The highest BCUT2D eigenvalue weighted by molar-refractivity contribution is 14.0. The fourth-order valence-corrected chi connectivity index (χ4v) is 3.54. The number of nitrogens with zero attached hydrogens (tertiary/aromatic N) is 3. The summed E-state index contributed by atoms with van der Waals surface area (Å²) in [5.74, 6) is 0.807. The van der Waals surface area contributed by atoms with Crippen LogP contribution in [0.2, 0.25) is 5.02 Å². The molecule has 5 nitrogen and oxygen atoms in total. The van der Waals surface area contributed by atoms with Gasteiger partial charge in [0.1, 0.15) is 0 Å². The monoisotopic (exact) mass is 499 g/mol. The van der Waals surface area contributed by atoms with Crippen LogP contribution in [0.5, 0.6) is 0 Å². The van der Waals surface area contributed by atoms with Gasteiger partial charge in [-0.3, -0.25) is 9.98 Å². The third-order valence-electron chi connectivity index (χ3n) is 4.72. The number of hydrogen-bond acceptors (Lipinski definition) is 3. The molecule has 0 aliphatic carbocycles. The summed E-state index contributed by atoms with van der Waals surface area (Å²) in [5.41, 5.74) is 3.32. The van der Waals surface area contributed by atoms with Crippen LogP contribution in [0.4, 0.5) is 5.69 Å². The van der Waals surface area contributed by atoms with Crippen LogP contribution in [0.3, 0.4) is 0 Å². The Bertz CT molecular complexity index is 768. The van der Waals surface area contributed by atoms with E-state index in [0.29, 0.717) is 12.6 Å². The number of aliphatic imine (C=N–C) groups is 1. The molecule has 1 fully saturated rings. The average molecular weight is 500 g/mol. The smallest absolute Gasteiger partial charge is 0.191 e. The second kappa shape index (κ2) is 10.7. The van der Waals surface area contributed by atoms with Crippen molar-refractivity contribution < 1.29 is 0 Å². The Labute approximate surface area is 183 Å². The van der Waals surface area contributed by atoms with Crippen molar-refractivity contribution in [3.8, 4) is 0 Å². The molecule has 0 amide bonds. The van der Waals surface area contributed by atoms with Crippen molar-refractivity contribution in [3.05, 3.63) is 58.9 Å². The molecule has 0 saturated carbocycles. The maximum Gasteiger partial charge on any atom is 0.191 e. The van der Waals surface area contributed by atoms with Gasteiger partial charge in [-0.25, -0.2) is 0 Å². The van der Waals surface area contributed by atoms with Crippen LogP contribution in [-0.4, -0.2) is 37.1 Å². The predicted molar refractivity (Wildman–Crippen MR) is 124 cm³/mol. The highest BCUT2D eigenvalue weighted by Gasteiger charge is 2.22. The Hall–Kier alpha value is -1.54. The van der Waals surface area contributed by atoms with Gasteiger partial charge in [0.2, 0.25) is 0 Å². The highest BCUT2D eigenvalue weighted by Crippen LogP contribution is 2.27. The lowest BCUT2D eigenvalue weighted by atomic mass is 10.0. The molecule has 7 heteroatoms. The molecule has 27 heavy (non-hydrogen) atoms.